The van der Waals surface area contributed by atoms with Gasteiger partial charge < -0.3 is 18.8 Å². The van der Waals surface area contributed by atoms with Crippen LogP contribution in [0.1, 0.15) is 38.7 Å². The predicted octanol–water partition coefficient (Wildman–Crippen LogP) is 3.54. The molecule has 0 saturated carbocycles. The highest BCUT2D eigenvalue weighted by molar-refractivity contribution is 6.62. The second-order valence-corrected chi connectivity index (χ2v) is 7.39. The predicted molar refractivity (Wildman–Crippen MR) is 113 cm³/mol. The highest BCUT2D eigenvalue weighted by Crippen LogP contribution is 2.25. The van der Waals surface area contributed by atoms with Gasteiger partial charge in [0.05, 0.1) is 25.9 Å². The van der Waals surface area contributed by atoms with Gasteiger partial charge >= 0.3 is 7.12 Å². The van der Waals surface area contributed by atoms with Crippen molar-refractivity contribution in [3.8, 4) is 5.75 Å². The van der Waals surface area contributed by atoms with Gasteiger partial charge in [0.15, 0.2) is 5.78 Å². The Morgan fingerprint density at radius 2 is 1.83 bits per heavy atom. The first-order chi connectivity index (χ1) is 14.1. The summed E-state index contributed by atoms with van der Waals surface area (Å²) in [4.78, 5) is 12.2. The highest BCUT2D eigenvalue weighted by atomic mass is 16.7. The standard InChI is InChI=1S/C23H29BO5/c1-4-8-21(27-16-18-11-13-20(26-3)14-12-18)15-22-23(17(2)25)29-24(28-22)19-9-6-5-7-10-19/h5-7,9-14,21-23H,4,8,15-16H2,1-3H3/t21-,22+,23+/m1/s1. The second kappa shape index (κ2) is 10.6. The quantitative estimate of drug-likeness (QED) is 0.575. The number of carbonyl (C=O) groups excluding carboxylic acids is 1. The molecule has 0 amide bonds. The molecule has 0 bridgehead atoms. The van der Waals surface area contributed by atoms with Crippen molar-refractivity contribution >= 4 is 18.4 Å². The number of ether oxygens (including phenoxy) is 2. The van der Waals surface area contributed by atoms with Gasteiger partial charge in [0.25, 0.3) is 0 Å². The SMILES string of the molecule is CCC[C@H](C[C@@H]1OB(c2ccccc2)O[C@H]1C(C)=O)OCc1ccc(OC)cc1. The van der Waals surface area contributed by atoms with E-state index in [2.05, 4.69) is 6.92 Å². The maximum absolute atomic E-state index is 12.2. The van der Waals surface area contributed by atoms with E-state index in [-0.39, 0.29) is 18.0 Å². The molecule has 1 fully saturated rings. The molecule has 29 heavy (non-hydrogen) atoms. The molecule has 3 rings (SSSR count). The fourth-order valence-electron chi connectivity index (χ4n) is 3.57. The van der Waals surface area contributed by atoms with E-state index in [9.17, 15) is 4.79 Å². The Labute approximate surface area is 173 Å². The highest BCUT2D eigenvalue weighted by Gasteiger charge is 2.43. The van der Waals surface area contributed by atoms with Crippen LogP contribution < -0.4 is 10.2 Å². The van der Waals surface area contributed by atoms with E-state index < -0.39 is 13.2 Å². The smallest absolute Gasteiger partial charge is 0.494 e. The molecule has 1 aliphatic heterocycles. The Morgan fingerprint density at radius 3 is 2.45 bits per heavy atom. The number of ketones is 1. The minimum absolute atomic E-state index is 0.00734. The average molecular weight is 396 g/mol. The number of hydrogen-bond acceptors (Lipinski definition) is 5. The van der Waals surface area contributed by atoms with Gasteiger partial charge in [-0.05, 0) is 36.5 Å². The summed E-state index contributed by atoms with van der Waals surface area (Å²) in [5, 5.41) is 0. The molecule has 2 aromatic rings. The third kappa shape index (κ3) is 5.92. The van der Waals surface area contributed by atoms with E-state index in [1.54, 1.807) is 14.0 Å². The van der Waals surface area contributed by atoms with Crippen molar-refractivity contribution in [1.29, 1.82) is 0 Å². The molecule has 5 nitrogen and oxygen atoms in total. The lowest BCUT2D eigenvalue weighted by atomic mass is 9.79. The van der Waals surface area contributed by atoms with Crippen molar-refractivity contribution < 1.29 is 23.6 Å². The van der Waals surface area contributed by atoms with Crippen LogP contribution in [0.2, 0.25) is 0 Å². The van der Waals surface area contributed by atoms with E-state index in [4.69, 9.17) is 18.8 Å². The normalized spacial score (nSPS) is 19.9. The number of carbonyl (C=O) groups is 1. The van der Waals surface area contributed by atoms with Crippen LogP contribution in [0.25, 0.3) is 0 Å². The number of Topliss-reactive ketones (excluding diaryl/α,β-unsaturated/α-hetero) is 1. The van der Waals surface area contributed by atoms with Crippen molar-refractivity contribution in [3.63, 3.8) is 0 Å². The lowest BCUT2D eigenvalue weighted by Gasteiger charge is -2.23. The van der Waals surface area contributed by atoms with Crippen molar-refractivity contribution in [2.24, 2.45) is 0 Å². The van der Waals surface area contributed by atoms with Gasteiger partial charge in [-0.25, -0.2) is 0 Å². The van der Waals surface area contributed by atoms with Gasteiger partial charge in [0.2, 0.25) is 0 Å². The lowest BCUT2D eigenvalue weighted by molar-refractivity contribution is -0.125. The van der Waals surface area contributed by atoms with Crippen molar-refractivity contribution in [2.75, 3.05) is 7.11 Å². The third-order valence-corrected chi connectivity index (χ3v) is 5.13. The van der Waals surface area contributed by atoms with Gasteiger partial charge in [-0.3, -0.25) is 4.79 Å². The zero-order valence-corrected chi connectivity index (χ0v) is 17.4. The van der Waals surface area contributed by atoms with Crippen LogP contribution >= 0.6 is 0 Å². The first-order valence-corrected chi connectivity index (χ1v) is 10.2. The summed E-state index contributed by atoms with van der Waals surface area (Å²) in [5.74, 6) is 0.811. The summed E-state index contributed by atoms with van der Waals surface area (Å²) in [6.45, 7) is 4.20. The van der Waals surface area contributed by atoms with Gasteiger partial charge in [-0.1, -0.05) is 55.8 Å². The molecule has 0 aromatic heterocycles. The maximum Gasteiger partial charge on any atom is 0.494 e. The van der Waals surface area contributed by atoms with Crippen LogP contribution in [0, 0.1) is 0 Å². The minimum Gasteiger partial charge on any atom is -0.497 e. The third-order valence-electron chi connectivity index (χ3n) is 5.13. The summed E-state index contributed by atoms with van der Waals surface area (Å²) in [5.41, 5.74) is 2.01. The monoisotopic (exact) mass is 396 g/mol. The molecule has 2 aromatic carbocycles. The molecule has 154 valence electrons. The van der Waals surface area contributed by atoms with Crippen molar-refractivity contribution in [2.45, 2.75) is 58.0 Å². The fraction of sp³-hybridized carbons (Fsp3) is 0.435. The largest absolute Gasteiger partial charge is 0.497 e. The number of benzene rings is 2. The molecule has 0 radical (unpaired) electrons. The molecule has 0 unspecified atom stereocenters. The summed E-state index contributed by atoms with van der Waals surface area (Å²) < 4.78 is 23.5. The molecule has 1 heterocycles. The Hall–Kier alpha value is -2.15. The van der Waals surface area contributed by atoms with Crippen LogP contribution in [0.5, 0.6) is 5.75 Å². The minimum atomic E-state index is -0.566. The summed E-state index contributed by atoms with van der Waals surface area (Å²) in [6.07, 6.45) is 1.63. The van der Waals surface area contributed by atoms with Gasteiger partial charge in [0, 0.05) is 6.42 Å². The second-order valence-electron chi connectivity index (χ2n) is 7.39. The first-order valence-electron chi connectivity index (χ1n) is 10.2. The summed E-state index contributed by atoms with van der Waals surface area (Å²) in [7, 11) is 1.14. The Kier molecular flexibility index (Phi) is 7.87. The van der Waals surface area contributed by atoms with Gasteiger partial charge in [-0.15, -0.1) is 0 Å². The fourth-order valence-corrected chi connectivity index (χ4v) is 3.57. The average Bonchev–Trinajstić information content (AvgIpc) is 3.17. The number of hydrogen-bond donors (Lipinski definition) is 0. The molecule has 6 heteroatoms. The molecule has 0 N–H and O–H groups in total. The van der Waals surface area contributed by atoms with Crippen LogP contribution in [0.15, 0.2) is 54.6 Å². The van der Waals surface area contributed by atoms with Crippen LogP contribution in [-0.2, 0) is 25.4 Å². The van der Waals surface area contributed by atoms with E-state index in [1.165, 1.54) is 0 Å². The Balaban J connectivity index is 1.63. The Morgan fingerprint density at radius 1 is 1.10 bits per heavy atom. The van der Waals surface area contributed by atoms with E-state index in [0.29, 0.717) is 13.0 Å². The summed E-state index contributed by atoms with van der Waals surface area (Å²) >= 11 is 0. The van der Waals surface area contributed by atoms with Gasteiger partial charge in [0.1, 0.15) is 11.9 Å². The maximum atomic E-state index is 12.2. The molecule has 1 saturated heterocycles. The van der Waals surface area contributed by atoms with Crippen LogP contribution in [0.3, 0.4) is 0 Å². The molecular weight excluding hydrogens is 367 g/mol. The number of rotatable bonds is 10. The molecule has 0 spiro atoms. The van der Waals surface area contributed by atoms with E-state index in [1.807, 2.05) is 54.6 Å². The number of methoxy groups -OCH3 is 1. The van der Waals surface area contributed by atoms with Crippen LogP contribution in [0.4, 0.5) is 0 Å². The molecular formula is C23H29BO5. The van der Waals surface area contributed by atoms with E-state index >= 15 is 0 Å². The van der Waals surface area contributed by atoms with Gasteiger partial charge in [-0.2, -0.15) is 0 Å². The topological polar surface area (TPSA) is 54.0 Å². The zero-order valence-electron chi connectivity index (χ0n) is 17.4. The molecule has 3 atom stereocenters. The lowest BCUT2D eigenvalue weighted by Crippen LogP contribution is -2.33. The van der Waals surface area contributed by atoms with E-state index in [0.717, 1.165) is 29.6 Å². The van der Waals surface area contributed by atoms with Crippen molar-refractivity contribution in [3.05, 3.63) is 60.2 Å². The zero-order chi connectivity index (χ0) is 20.6. The van der Waals surface area contributed by atoms with Crippen LogP contribution in [-0.4, -0.2) is 38.3 Å². The summed E-state index contributed by atoms with van der Waals surface area (Å²) in [6, 6.07) is 17.6. The molecule has 1 aliphatic rings. The first kappa shape index (κ1) is 21.6. The Bertz CT molecular complexity index is 765. The van der Waals surface area contributed by atoms with Crippen molar-refractivity contribution in [1.82, 2.24) is 0 Å². The molecule has 0 aliphatic carbocycles.